The molecule has 82 valence electrons. The molecule has 0 fully saturated rings. The Balaban J connectivity index is 0. The van der Waals surface area contributed by atoms with Gasteiger partial charge in [-0.1, -0.05) is 0 Å². The van der Waals surface area contributed by atoms with Crippen LogP contribution in [0.2, 0.25) is 0 Å². The molecule has 4 nitrogen and oxygen atoms in total. The van der Waals surface area contributed by atoms with Crippen molar-refractivity contribution < 1.29 is 39.1 Å². The molecule has 0 aliphatic rings. The molecule has 0 heterocycles. The van der Waals surface area contributed by atoms with E-state index in [9.17, 15) is 30.4 Å². The monoisotopic (exact) mass is 238 g/mol. The zero-order valence-electron chi connectivity index (χ0n) is 5.68. The first-order valence-electron chi connectivity index (χ1n) is 2.52. The quantitative estimate of drug-likeness (QED) is 0.438. The number of halogens is 5. The fourth-order valence-electron chi connectivity index (χ4n) is 0.230. The summed E-state index contributed by atoms with van der Waals surface area (Å²) in [5, 5.41) is 0. The van der Waals surface area contributed by atoms with Gasteiger partial charge >= 0.3 is 41.4 Å². The number of hydrogen-bond acceptors (Lipinski definition) is 3. The van der Waals surface area contributed by atoms with Crippen LogP contribution in [0.5, 0.6) is 0 Å². The Hall–Kier alpha value is 0.117. The van der Waals surface area contributed by atoms with Crippen LogP contribution in [-0.2, 0) is 14.6 Å². The van der Waals surface area contributed by atoms with E-state index < -0.39 is 29.1 Å². The Morgan fingerprint density at radius 3 is 1.71 bits per heavy atom. The Kier molecular flexibility index (Phi) is 5.62. The van der Waals surface area contributed by atoms with Gasteiger partial charge in [0.25, 0.3) is 0 Å². The normalized spacial score (nSPS) is 13.6. The molecule has 0 aromatic carbocycles. The van der Waals surface area contributed by atoms with Gasteiger partial charge in [0.1, 0.15) is 6.61 Å². The topological polar surface area (TPSA) is 63.6 Å². The molecule has 0 saturated carbocycles. The second-order valence-corrected chi connectivity index (χ2v) is 2.98. The van der Waals surface area contributed by atoms with E-state index in [4.69, 9.17) is 4.55 Å². The van der Waals surface area contributed by atoms with Crippen molar-refractivity contribution in [3.8, 4) is 0 Å². The minimum absolute atomic E-state index is 0. The van der Waals surface area contributed by atoms with Crippen molar-refractivity contribution in [3.63, 3.8) is 0 Å². The number of rotatable bonds is 3. The van der Waals surface area contributed by atoms with E-state index in [0.717, 1.165) is 0 Å². The van der Waals surface area contributed by atoms with Gasteiger partial charge in [0, 0.05) is 0 Å². The summed E-state index contributed by atoms with van der Waals surface area (Å²) in [6.45, 7) is -2.48. The van der Waals surface area contributed by atoms with E-state index in [1.54, 1.807) is 0 Å². The number of alkyl halides is 5. The van der Waals surface area contributed by atoms with E-state index in [0.29, 0.717) is 0 Å². The Bertz CT molecular complexity index is 271. The van der Waals surface area contributed by atoms with Gasteiger partial charge in [0.05, 0.1) is 0 Å². The molecular formula is C3H4F5LiO4S. The molecule has 1 N–H and O–H groups in total. The summed E-state index contributed by atoms with van der Waals surface area (Å²) in [6.07, 6.45) is -5.92. The molecule has 0 aliphatic heterocycles. The summed E-state index contributed by atoms with van der Waals surface area (Å²) in [6, 6.07) is 0. The Morgan fingerprint density at radius 2 is 1.50 bits per heavy atom. The first kappa shape index (κ1) is 16.5. The molecule has 0 unspecified atom stereocenters. The van der Waals surface area contributed by atoms with E-state index in [2.05, 4.69) is 4.18 Å². The first-order valence-corrected chi connectivity index (χ1v) is 3.88. The predicted molar refractivity (Wildman–Crippen MR) is 35.7 cm³/mol. The van der Waals surface area contributed by atoms with Crippen LogP contribution in [0.15, 0.2) is 0 Å². The Labute approximate surface area is 87.5 Å². The van der Waals surface area contributed by atoms with Crippen molar-refractivity contribution in [3.05, 3.63) is 0 Å². The van der Waals surface area contributed by atoms with Crippen LogP contribution in [0, 0.1) is 0 Å². The first-order chi connectivity index (χ1) is 5.46. The third-order valence-corrected chi connectivity index (χ3v) is 1.22. The average molecular weight is 238 g/mol. The summed E-state index contributed by atoms with van der Waals surface area (Å²) >= 11 is 0. The van der Waals surface area contributed by atoms with Crippen molar-refractivity contribution in [2.24, 2.45) is 0 Å². The van der Waals surface area contributed by atoms with Crippen LogP contribution in [0.4, 0.5) is 22.0 Å². The van der Waals surface area contributed by atoms with Crippen LogP contribution in [0.1, 0.15) is 0 Å². The summed E-state index contributed by atoms with van der Waals surface area (Å²) in [7, 11) is -5.30. The summed E-state index contributed by atoms with van der Waals surface area (Å²) < 4.78 is 87.4. The predicted octanol–water partition coefficient (Wildman–Crippen LogP) is 0.355. The molecule has 0 saturated heterocycles. The van der Waals surface area contributed by atoms with Gasteiger partial charge in [-0.05, 0) is 0 Å². The molecule has 0 spiro atoms. The van der Waals surface area contributed by atoms with E-state index in [1.165, 1.54) is 0 Å². The van der Waals surface area contributed by atoms with Gasteiger partial charge in [0.2, 0.25) is 0 Å². The standard InChI is InChI=1S/C3H3F5O4S.Li.H/c4-2(5,3(6,7)8)1-12-13(9,10)11;;/h1H2,(H,9,10,11);;. The van der Waals surface area contributed by atoms with Gasteiger partial charge in [-0.3, -0.25) is 4.55 Å². The summed E-state index contributed by atoms with van der Waals surface area (Å²) in [5.74, 6) is -5.32. The van der Waals surface area contributed by atoms with Gasteiger partial charge in [0.15, 0.2) is 0 Å². The average Bonchev–Trinajstić information content (AvgIpc) is 1.79. The number of hydrogen-bond donors (Lipinski definition) is 1. The van der Waals surface area contributed by atoms with Crippen LogP contribution < -0.4 is 0 Å². The van der Waals surface area contributed by atoms with Gasteiger partial charge in [-0.15, -0.1) is 0 Å². The molecule has 0 amide bonds. The third-order valence-electron chi connectivity index (χ3n) is 0.804. The van der Waals surface area contributed by atoms with E-state index >= 15 is 0 Å². The van der Waals surface area contributed by atoms with Gasteiger partial charge < -0.3 is 0 Å². The maximum absolute atomic E-state index is 11.8. The molecule has 14 heavy (non-hydrogen) atoms. The van der Waals surface area contributed by atoms with E-state index in [1.807, 2.05) is 0 Å². The fourth-order valence-corrected chi connectivity index (χ4v) is 0.527. The van der Waals surface area contributed by atoms with Crippen molar-refractivity contribution in [2.45, 2.75) is 12.1 Å². The fraction of sp³-hybridized carbons (Fsp3) is 1.00. The third kappa shape index (κ3) is 5.77. The van der Waals surface area contributed by atoms with Crippen LogP contribution >= 0.6 is 0 Å². The second kappa shape index (κ2) is 4.76. The van der Waals surface area contributed by atoms with Crippen LogP contribution in [-0.4, -0.2) is 50.5 Å². The SMILES string of the molecule is O=S(=O)(O)OCC(F)(F)C(F)(F)F.[LiH]. The van der Waals surface area contributed by atoms with Crippen molar-refractivity contribution in [1.29, 1.82) is 0 Å². The van der Waals surface area contributed by atoms with Gasteiger partial charge in [-0.2, -0.15) is 30.4 Å². The molecule has 0 atom stereocenters. The molecule has 0 bridgehead atoms. The minimum atomic E-state index is -5.92. The Morgan fingerprint density at radius 1 is 1.14 bits per heavy atom. The molecule has 0 aliphatic carbocycles. The van der Waals surface area contributed by atoms with Crippen LogP contribution in [0.3, 0.4) is 0 Å². The zero-order valence-corrected chi connectivity index (χ0v) is 6.49. The molecular weight excluding hydrogens is 234 g/mol. The maximum atomic E-state index is 11.8. The van der Waals surface area contributed by atoms with Gasteiger partial charge in [-0.25, -0.2) is 4.18 Å². The summed E-state index contributed by atoms with van der Waals surface area (Å²) in [4.78, 5) is 0. The molecule has 0 aromatic heterocycles. The molecule has 0 aromatic rings. The van der Waals surface area contributed by atoms with Crippen molar-refractivity contribution >= 4 is 29.3 Å². The van der Waals surface area contributed by atoms with E-state index in [-0.39, 0.29) is 18.9 Å². The zero-order chi connectivity index (χ0) is 10.9. The van der Waals surface area contributed by atoms with Crippen molar-refractivity contribution in [1.82, 2.24) is 0 Å². The van der Waals surface area contributed by atoms with Crippen LogP contribution in [0.25, 0.3) is 0 Å². The molecule has 0 radical (unpaired) electrons. The second-order valence-electron chi connectivity index (χ2n) is 1.89. The van der Waals surface area contributed by atoms with Crippen molar-refractivity contribution in [2.75, 3.05) is 6.61 Å². The summed E-state index contributed by atoms with van der Waals surface area (Å²) in [5.41, 5.74) is 0. The molecule has 11 heteroatoms. The molecule has 0 rings (SSSR count).